The minimum Gasteiger partial charge on any atom is -0.411 e. The molecule has 0 N–H and O–H groups in total. The molecule has 0 aromatic rings. The molecular formula is C6H12KN2S4-. The van der Waals surface area contributed by atoms with Crippen LogP contribution in [0, 0.1) is 0 Å². The van der Waals surface area contributed by atoms with Crippen LogP contribution in [0.3, 0.4) is 0 Å². The molecule has 0 saturated heterocycles. The topological polar surface area (TPSA) is 6.48 Å². The van der Waals surface area contributed by atoms with Gasteiger partial charge in [-0.1, -0.05) is 8.64 Å². The van der Waals surface area contributed by atoms with Crippen LogP contribution in [0.25, 0.3) is 0 Å². The number of nitrogens with zero attached hydrogens (tertiary/aromatic N) is 2. The molecule has 0 atom stereocenters. The Morgan fingerprint density at radius 2 is 0.923 bits per heavy atom. The zero-order valence-corrected chi connectivity index (χ0v) is 14.9. The van der Waals surface area contributed by atoms with E-state index in [2.05, 4.69) is 49.7 Å². The van der Waals surface area contributed by atoms with Crippen LogP contribution in [0.1, 0.15) is 0 Å². The largest absolute Gasteiger partial charge is 1.00 e. The summed E-state index contributed by atoms with van der Waals surface area (Å²) in [4.78, 5) is 3.43. The number of thiocarbonyl (C=S) groups is 2. The second-order valence-electron chi connectivity index (χ2n) is 2.32. The van der Waals surface area contributed by atoms with Gasteiger partial charge in [-0.05, 0) is 0 Å². The molecule has 0 aliphatic carbocycles. The molecule has 0 amide bonds. The Hall–Kier alpha value is 1.86. The first-order valence-electron chi connectivity index (χ1n) is 3.05. The Morgan fingerprint density at radius 3 is 0.923 bits per heavy atom. The first-order valence-corrected chi connectivity index (χ1v) is 4.69. The molecule has 0 fully saturated rings. The van der Waals surface area contributed by atoms with E-state index in [1.807, 2.05) is 28.2 Å². The van der Waals surface area contributed by atoms with E-state index in [0.717, 1.165) is 0 Å². The Labute approximate surface area is 145 Å². The smallest absolute Gasteiger partial charge is 0.411 e. The quantitative estimate of drug-likeness (QED) is 0.279. The predicted octanol–water partition coefficient (Wildman–Crippen LogP) is -2.24. The van der Waals surface area contributed by atoms with Crippen molar-refractivity contribution < 1.29 is 51.4 Å². The fourth-order valence-corrected chi connectivity index (χ4v) is 0. The van der Waals surface area contributed by atoms with Crippen LogP contribution in [-0.2, 0) is 25.3 Å². The minimum atomic E-state index is 0. The normalized spacial score (nSPS) is 7.08. The van der Waals surface area contributed by atoms with Gasteiger partial charge < -0.3 is 59.5 Å². The SMILES string of the molecule is CN(C)C(=S)[S-].CN(C)C(=S)[S-].[K+]. The van der Waals surface area contributed by atoms with Gasteiger partial charge in [0.05, 0.1) is 0 Å². The summed E-state index contributed by atoms with van der Waals surface area (Å²) in [5, 5.41) is 0. The van der Waals surface area contributed by atoms with E-state index in [1.54, 1.807) is 9.80 Å². The van der Waals surface area contributed by atoms with Gasteiger partial charge in [0.1, 0.15) is 0 Å². The summed E-state index contributed by atoms with van der Waals surface area (Å²) in [5.74, 6) is 0. The van der Waals surface area contributed by atoms with Gasteiger partial charge in [-0.15, -0.1) is 0 Å². The standard InChI is InChI=1S/2C3H7NS2.K/c2*1-4(2)3(5)6;/h2*1-2H3,(H,5,6);/q;;+1/p-2. The zero-order chi connectivity index (χ0) is 10.3. The molecule has 0 radical (unpaired) electrons. The molecule has 0 rings (SSSR count). The fraction of sp³-hybridized carbons (Fsp3) is 0.667. The molecule has 0 spiro atoms. The van der Waals surface area contributed by atoms with Crippen LogP contribution in [0.5, 0.6) is 0 Å². The average molecular weight is 280 g/mol. The van der Waals surface area contributed by atoms with Crippen LogP contribution in [0.2, 0.25) is 0 Å². The molecule has 72 valence electrons. The third-order valence-electron chi connectivity index (χ3n) is 0.730. The summed E-state index contributed by atoms with van der Waals surface area (Å²) in [6.07, 6.45) is 0. The molecular weight excluding hydrogens is 267 g/mol. The van der Waals surface area contributed by atoms with Crippen molar-refractivity contribution >= 4 is 58.3 Å². The summed E-state index contributed by atoms with van der Waals surface area (Å²) in [6, 6.07) is 0. The van der Waals surface area contributed by atoms with Gasteiger partial charge in [0, 0.05) is 28.2 Å². The molecule has 0 saturated carbocycles. The minimum absolute atomic E-state index is 0. The van der Waals surface area contributed by atoms with Crippen molar-refractivity contribution in [2.45, 2.75) is 0 Å². The van der Waals surface area contributed by atoms with Crippen molar-refractivity contribution in [2.75, 3.05) is 28.2 Å². The van der Waals surface area contributed by atoms with Gasteiger partial charge in [-0.2, -0.15) is 0 Å². The van der Waals surface area contributed by atoms with Crippen molar-refractivity contribution in [1.29, 1.82) is 0 Å². The van der Waals surface area contributed by atoms with Crippen molar-refractivity contribution in [3.8, 4) is 0 Å². The molecule has 0 aromatic carbocycles. The number of rotatable bonds is 0. The van der Waals surface area contributed by atoms with Crippen molar-refractivity contribution in [2.24, 2.45) is 0 Å². The van der Waals surface area contributed by atoms with Crippen LogP contribution in [0.15, 0.2) is 0 Å². The zero-order valence-electron chi connectivity index (χ0n) is 8.53. The van der Waals surface area contributed by atoms with Gasteiger partial charge in [0.25, 0.3) is 0 Å². The summed E-state index contributed by atoms with van der Waals surface area (Å²) in [7, 11) is 7.31. The van der Waals surface area contributed by atoms with E-state index in [-0.39, 0.29) is 51.4 Å². The predicted molar refractivity (Wildman–Crippen MR) is 67.3 cm³/mol. The van der Waals surface area contributed by atoms with Crippen molar-refractivity contribution in [3.05, 3.63) is 0 Å². The summed E-state index contributed by atoms with van der Waals surface area (Å²) >= 11 is 18.2. The van der Waals surface area contributed by atoms with E-state index < -0.39 is 0 Å². The van der Waals surface area contributed by atoms with Gasteiger partial charge in [-0.3, -0.25) is 0 Å². The Balaban J connectivity index is -0.000000143. The Kier molecular flexibility index (Phi) is 18.6. The molecule has 0 aliphatic heterocycles. The molecule has 13 heavy (non-hydrogen) atoms. The van der Waals surface area contributed by atoms with Crippen molar-refractivity contribution in [1.82, 2.24) is 9.80 Å². The molecule has 2 nitrogen and oxygen atoms in total. The molecule has 0 heterocycles. The summed E-state index contributed by atoms with van der Waals surface area (Å²) in [6.45, 7) is 0. The number of hydrogen-bond acceptors (Lipinski definition) is 4. The first kappa shape index (κ1) is 20.3. The van der Waals surface area contributed by atoms with Gasteiger partial charge in [0.2, 0.25) is 0 Å². The van der Waals surface area contributed by atoms with E-state index >= 15 is 0 Å². The van der Waals surface area contributed by atoms with E-state index in [0.29, 0.717) is 8.64 Å². The maximum absolute atomic E-state index is 4.56. The maximum Gasteiger partial charge on any atom is 1.00 e. The third-order valence-corrected chi connectivity index (χ3v) is 2.19. The third kappa shape index (κ3) is 20.1. The van der Waals surface area contributed by atoms with Crippen LogP contribution < -0.4 is 51.4 Å². The maximum atomic E-state index is 4.56. The average Bonchev–Trinajstić information content (AvgIpc) is 1.88. The molecule has 0 aromatic heterocycles. The van der Waals surface area contributed by atoms with Crippen LogP contribution in [-0.4, -0.2) is 46.6 Å². The molecule has 0 aliphatic rings. The van der Waals surface area contributed by atoms with E-state index in [9.17, 15) is 0 Å². The van der Waals surface area contributed by atoms with Crippen LogP contribution >= 0.6 is 24.4 Å². The molecule has 0 bridgehead atoms. The fourth-order valence-electron chi connectivity index (χ4n) is 0. The van der Waals surface area contributed by atoms with Gasteiger partial charge >= 0.3 is 51.4 Å². The summed E-state index contributed by atoms with van der Waals surface area (Å²) < 4.78 is 1.02. The molecule has 0 unspecified atom stereocenters. The van der Waals surface area contributed by atoms with Crippen LogP contribution in [0.4, 0.5) is 0 Å². The first-order chi connectivity index (χ1) is 5.29. The van der Waals surface area contributed by atoms with Gasteiger partial charge in [0.15, 0.2) is 0 Å². The monoisotopic (exact) mass is 279 g/mol. The van der Waals surface area contributed by atoms with Crippen molar-refractivity contribution in [3.63, 3.8) is 0 Å². The van der Waals surface area contributed by atoms with Gasteiger partial charge in [-0.25, -0.2) is 0 Å². The second kappa shape index (κ2) is 11.9. The molecule has 7 heteroatoms. The Bertz CT molecular complexity index is 143. The summed E-state index contributed by atoms with van der Waals surface area (Å²) in [5.41, 5.74) is 0. The Morgan fingerprint density at radius 1 is 0.846 bits per heavy atom. The van der Waals surface area contributed by atoms with E-state index in [4.69, 9.17) is 0 Å². The number of hydrogen-bond donors (Lipinski definition) is 0. The van der Waals surface area contributed by atoms with E-state index in [1.165, 1.54) is 0 Å². The second-order valence-corrected chi connectivity index (χ2v) is 4.38.